The third-order valence-corrected chi connectivity index (χ3v) is 5.84. The summed E-state index contributed by atoms with van der Waals surface area (Å²) in [5.74, 6) is -14.5. The topological polar surface area (TPSA) is 101 Å². The number of nitrogens with zero attached hydrogens (tertiary/aromatic N) is 8. The van der Waals surface area contributed by atoms with Gasteiger partial charge in [0.2, 0.25) is 0 Å². The van der Waals surface area contributed by atoms with Crippen molar-refractivity contribution < 1.29 is 62.5 Å². The fourth-order valence-corrected chi connectivity index (χ4v) is 3.80. The van der Waals surface area contributed by atoms with Crippen LogP contribution < -0.4 is 4.74 Å². The number of hydrogen-bond donors (Lipinski definition) is 1. The Morgan fingerprint density at radius 1 is 0.721 bits per heavy atom. The van der Waals surface area contributed by atoms with Gasteiger partial charge in [0.25, 0.3) is 0 Å². The van der Waals surface area contributed by atoms with Crippen LogP contribution >= 0.6 is 31.9 Å². The Kier molecular flexibility index (Phi) is 9.17. The van der Waals surface area contributed by atoms with E-state index in [9.17, 15) is 57.8 Å². The molecular formula is C19H12Br2F12N8O2. The predicted octanol–water partition coefficient (Wildman–Crippen LogP) is 6.35. The molecule has 4 aromatic rings. The third-order valence-electron chi connectivity index (χ3n) is 5.02. The summed E-state index contributed by atoms with van der Waals surface area (Å²) in [6.07, 6.45) is -7.05. The second-order valence-electron chi connectivity index (χ2n) is 8.00. The van der Waals surface area contributed by atoms with Gasteiger partial charge in [0, 0.05) is 26.5 Å². The summed E-state index contributed by atoms with van der Waals surface area (Å²) in [5, 5.41) is 23.0. The van der Waals surface area contributed by atoms with Gasteiger partial charge in [-0.1, -0.05) is 0 Å². The molecule has 0 fully saturated rings. The zero-order valence-corrected chi connectivity index (χ0v) is 23.8. The molecule has 0 amide bonds. The first-order chi connectivity index (χ1) is 19.5. The van der Waals surface area contributed by atoms with Gasteiger partial charge in [-0.2, -0.15) is 73.1 Å². The van der Waals surface area contributed by atoms with Crippen LogP contribution in [0.4, 0.5) is 52.7 Å². The average Bonchev–Trinajstić information content (AvgIpc) is 3.60. The van der Waals surface area contributed by atoms with Gasteiger partial charge in [-0.3, -0.25) is 0 Å². The van der Waals surface area contributed by atoms with Crippen molar-refractivity contribution in [2.45, 2.75) is 30.8 Å². The second-order valence-corrected chi connectivity index (χ2v) is 9.83. The zero-order valence-electron chi connectivity index (χ0n) is 20.6. The molecule has 0 atom stereocenters. The lowest BCUT2D eigenvalue weighted by molar-refractivity contribution is -0.291. The van der Waals surface area contributed by atoms with E-state index in [1.807, 2.05) is 0 Å². The molecule has 24 heteroatoms. The van der Waals surface area contributed by atoms with Crippen LogP contribution in [0.25, 0.3) is 11.6 Å². The van der Waals surface area contributed by atoms with Crippen molar-refractivity contribution in [3.8, 4) is 23.1 Å². The number of alkyl halides is 12. The number of halogens is 14. The van der Waals surface area contributed by atoms with E-state index in [1.165, 1.54) is 18.6 Å². The van der Waals surface area contributed by atoms with E-state index in [-0.39, 0.29) is 0 Å². The first-order valence-corrected chi connectivity index (χ1v) is 12.2. The molecule has 10 nitrogen and oxygen atoms in total. The van der Waals surface area contributed by atoms with Crippen LogP contribution in [0.3, 0.4) is 0 Å². The molecule has 0 aromatic carbocycles. The Bertz CT molecular complexity index is 1590. The Labute approximate surface area is 246 Å². The minimum atomic E-state index is -6.04. The highest BCUT2D eigenvalue weighted by Gasteiger charge is 2.63. The molecule has 0 aliphatic heterocycles. The summed E-state index contributed by atoms with van der Waals surface area (Å²) in [6.45, 7) is -3.64. The second kappa shape index (κ2) is 11.6. The monoisotopic (exact) mass is 770 g/mol. The van der Waals surface area contributed by atoms with Crippen molar-refractivity contribution in [1.82, 2.24) is 39.1 Å². The fraction of sp³-hybridized carbons (Fsp3) is 0.368. The highest BCUT2D eigenvalue weighted by Crippen LogP contribution is 2.49. The quantitative estimate of drug-likeness (QED) is 0.230. The zero-order chi connectivity index (χ0) is 32.9. The Morgan fingerprint density at radius 3 is 1.51 bits per heavy atom. The Hall–Kier alpha value is -3.44. The van der Waals surface area contributed by atoms with Gasteiger partial charge in [-0.05, 0) is 31.9 Å². The van der Waals surface area contributed by atoms with Crippen LogP contribution in [0.1, 0.15) is 11.4 Å². The predicted molar refractivity (Wildman–Crippen MR) is 124 cm³/mol. The SMILES string of the molecule is Cn1nc(C(F)(F)C(F)(F)F)c(O)c1-n1cc(Br)cn1.Cn1nc(C(F)(F)C(F)(F)F)c(OC(F)F)c1-n1cc(Br)cn1. The number of aryl methyl sites for hydroxylation is 2. The van der Waals surface area contributed by atoms with Crippen LogP contribution in [0.5, 0.6) is 11.5 Å². The minimum absolute atomic E-state index is 0.325. The van der Waals surface area contributed by atoms with E-state index in [2.05, 4.69) is 57.0 Å². The molecule has 0 bridgehead atoms. The Balaban J connectivity index is 0.000000238. The van der Waals surface area contributed by atoms with Crippen LogP contribution in [-0.2, 0) is 25.9 Å². The fourth-order valence-electron chi connectivity index (χ4n) is 3.22. The maximum absolute atomic E-state index is 13.5. The summed E-state index contributed by atoms with van der Waals surface area (Å²) >= 11 is 6.01. The molecule has 0 aliphatic rings. The van der Waals surface area contributed by atoms with Gasteiger partial charge in [-0.15, -0.1) is 0 Å². The molecule has 238 valence electrons. The van der Waals surface area contributed by atoms with Gasteiger partial charge in [0.1, 0.15) is 0 Å². The van der Waals surface area contributed by atoms with Gasteiger partial charge in [0.15, 0.2) is 34.5 Å². The minimum Gasteiger partial charge on any atom is -0.503 e. The standard InChI is InChI=1S/C10H6BrF7N4O.C9H6BrF5N4O/c1-21-7(22-3-4(11)2-19-22)5(23-8(12)13)6(20-21)9(14,15)10(16,17)18;1-18-7(19-3-4(10)2-16-19)5(20)6(17-18)8(11,12)9(13,14)15/h2-3,8H,1H3;2-3,20H,1H3. The van der Waals surface area contributed by atoms with E-state index >= 15 is 0 Å². The van der Waals surface area contributed by atoms with Crippen LogP contribution in [-0.4, -0.2) is 63.2 Å². The molecule has 4 heterocycles. The number of aromatic nitrogens is 8. The molecule has 0 saturated carbocycles. The molecular weight excluding hydrogens is 760 g/mol. The first kappa shape index (κ1) is 34.1. The van der Waals surface area contributed by atoms with E-state index < -0.39 is 65.3 Å². The van der Waals surface area contributed by atoms with Gasteiger partial charge < -0.3 is 9.84 Å². The molecule has 4 rings (SSSR count). The van der Waals surface area contributed by atoms with Crippen molar-refractivity contribution in [3.63, 3.8) is 0 Å². The molecule has 43 heavy (non-hydrogen) atoms. The number of hydrogen-bond acceptors (Lipinski definition) is 6. The molecule has 1 N–H and O–H groups in total. The van der Waals surface area contributed by atoms with E-state index in [0.717, 1.165) is 29.7 Å². The normalized spacial score (nSPS) is 13.0. The number of aromatic hydroxyl groups is 1. The van der Waals surface area contributed by atoms with E-state index in [0.29, 0.717) is 18.3 Å². The number of ether oxygens (including phenoxy) is 1. The lowest BCUT2D eigenvalue weighted by Crippen LogP contribution is -2.34. The van der Waals surface area contributed by atoms with Gasteiger partial charge >= 0.3 is 30.8 Å². The van der Waals surface area contributed by atoms with Crippen molar-refractivity contribution in [1.29, 1.82) is 0 Å². The highest BCUT2D eigenvalue weighted by molar-refractivity contribution is 9.10. The Morgan fingerprint density at radius 2 is 1.12 bits per heavy atom. The summed E-state index contributed by atoms with van der Waals surface area (Å²) in [6, 6.07) is 0. The summed E-state index contributed by atoms with van der Waals surface area (Å²) in [5.41, 5.74) is -3.75. The lowest BCUT2D eigenvalue weighted by atomic mass is 10.2. The van der Waals surface area contributed by atoms with E-state index in [1.54, 1.807) is 0 Å². The molecule has 4 aromatic heterocycles. The third kappa shape index (κ3) is 6.57. The summed E-state index contributed by atoms with van der Waals surface area (Å²) < 4.78 is 160. The molecule has 0 unspecified atom stereocenters. The summed E-state index contributed by atoms with van der Waals surface area (Å²) in [7, 11) is 2.10. The largest absolute Gasteiger partial charge is 0.503 e. The van der Waals surface area contributed by atoms with Gasteiger partial charge in [-0.25, -0.2) is 18.7 Å². The van der Waals surface area contributed by atoms with Crippen molar-refractivity contribution >= 4 is 31.9 Å². The lowest BCUT2D eigenvalue weighted by Gasteiger charge is -2.18. The maximum atomic E-state index is 13.5. The maximum Gasteiger partial charge on any atom is 0.459 e. The smallest absolute Gasteiger partial charge is 0.459 e. The van der Waals surface area contributed by atoms with E-state index in [4.69, 9.17) is 0 Å². The van der Waals surface area contributed by atoms with Crippen LogP contribution in [0, 0.1) is 0 Å². The average molecular weight is 772 g/mol. The van der Waals surface area contributed by atoms with Crippen molar-refractivity contribution in [3.05, 3.63) is 45.1 Å². The molecule has 0 spiro atoms. The van der Waals surface area contributed by atoms with Gasteiger partial charge in [0.05, 0.1) is 21.3 Å². The highest BCUT2D eigenvalue weighted by atomic mass is 79.9. The first-order valence-electron chi connectivity index (χ1n) is 10.6. The molecule has 0 aliphatic carbocycles. The molecule has 0 radical (unpaired) electrons. The molecule has 0 saturated heterocycles. The van der Waals surface area contributed by atoms with Crippen molar-refractivity contribution in [2.24, 2.45) is 14.1 Å². The van der Waals surface area contributed by atoms with Crippen LogP contribution in [0.2, 0.25) is 0 Å². The van der Waals surface area contributed by atoms with Crippen molar-refractivity contribution in [2.75, 3.05) is 0 Å². The summed E-state index contributed by atoms with van der Waals surface area (Å²) in [4.78, 5) is 0. The van der Waals surface area contributed by atoms with Crippen LogP contribution in [0.15, 0.2) is 33.7 Å². The number of rotatable bonds is 6.